The third kappa shape index (κ3) is 4.05. The first kappa shape index (κ1) is 17.2. The summed E-state index contributed by atoms with van der Waals surface area (Å²) in [6.07, 6.45) is 3.71. The number of quaternary nitrogens is 1. The van der Waals surface area contributed by atoms with Gasteiger partial charge in [0, 0.05) is 12.5 Å². The van der Waals surface area contributed by atoms with Crippen molar-refractivity contribution in [1.82, 2.24) is 5.32 Å². The topological polar surface area (TPSA) is 67.7 Å². The molecule has 0 bridgehead atoms. The van der Waals surface area contributed by atoms with E-state index in [1.165, 1.54) is 16.0 Å². The van der Waals surface area contributed by atoms with Crippen LogP contribution in [-0.4, -0.2) is 51.0 Å². The molecule has 3 atom stereocenters. The summed E-state index contributed by atoms with van der Waals surface area (Å²) in [7, 11) is -2.96. The summed E-state index contributed by atoms with van der Waals surface area (Å²) in [4.78, 5) is 13.6. The molecule has 1 aromatic rings. The van der Waals surface area contributed by atoms with Crippen molar-refractivity contribution in [3.05, 3.63) is 42.0 Å². The Kier molecular flexibility index (Phi) is 5.06. The summed E-state index contributed by atoms with van der Waals surface area (Å²) in [6.45, 7) is 3.66. The molecule has 0 aromatic heterocycles. The number of rotatable bonds is 4. The highest BCUT2D eigenvalue weighted by molar-refractivity contribution is 7.91. The van der Waals surface area contributed by atoms with E-state index in [-0.39, 0.29) is 29.5 Å². The van der Waals surface area contributed by atoms with E-state index in [1.54, 1.807) is 0 Å². The third-order valence-corrected chi connectivity index (χ3v) is 6.82. The normalized spacial score (nSPS) is 27.3. The third-order valence-electron chi connectivity index (χ3n) is 5.06. The van der Waals surface area contributed by atoms with Gasteiger partial charge < -0.3 is 10.2 Å². The molecule has 3 rings (SSSR count). The zero-order chi connectivity index (χ0) is 17.2. The van der Waals surface area contributed by atoms with Gasteiger partial charge in [-0.15, -0.1) is 0 Å². The highest BCUT2D eigenvalue weighted by Crippen LogP contribution is 2.18. The van der Waals surface area contributed by atoms with Crippen molar-refractivity contribution in [2.45, 2.75) is 31.8 Å². The molecule has 5 nitrogen and oxygen atoms in total. The van der Waals surface area contributed by atoms with Gasteiger partial charge in [0.25, 0.3) is 5.91 Å². The molecular formula is C18H25N2O3S+. The maximum absolute atomic E-state index is 12.4. The van der Waals surface area contributed by atoms with Crippen LogP contribution in [-0.2, 0) is 14.6 Å². The van der Waals surface area contributed by atoms with Crippen molar-refractivity contribution in [1.29, 1.82) is 0 Å². The molecule has 0 radical (unpaired) electrons. The zero-order valence-corrected chi connectivity index (χ0v) is 14.8. The van der Waals surface area contributed by atoms with Crippen molar-refractivity contribution >= 4 is 21.3 Å². The molecule has 1 fully saturated rings. The molecule has 0 saturated carbocycles. The van der Waals surface area contributed by atoms with Gasteiger partial charge in [0.15, 0.2) is 15.9 Å². The monoisotopic (exact) mass is 349 g/mol. The Morgan fingerprint density at radius 3 is 2.62 bits per heavy atom. The molecule has 2 N–H and O–H groups in total. The highest BCUT2D eigenvalue weighted by atomic mass is 32.2. The average Bonchev–Trinajstić information content (AvgIpc) is 2.93. The summed E-state index contributed by atoms with van der Waals surface area (Å²) in [5.41, 5.74) is 2.60. The number of amides is 1. The first-order valence-corrected chi connectivity index (χ1v) is 10.4. The molecule has 1 unspecified atom stereocenters. The lowest BCUT2D eigenvalue weighted by Gasteiger charge is -2.29. The molecular weight excluding hydrogens is 324 g/mol. The van der Waals surface area contributed by atoms with Crippen molar-refractivity contribution in [2.75, 3.05) is 24.6 Å². The predicted molar refractivity (Wildman–Crippen MR) is 94.4 cm³/mol. The summed E-state index contributed by atoms with van der Waals surface area (Å²) >= 11 is 0. The zero-order valence-electron chi connectivity index (χ0n) is 14.0. The van der Waals surface area contributed by atoms with Gasteiger partial charge in [0.1, 0.15) is 0 Å². The Morgan fingerprint density at radius 1 is 1.29 bits per heavy atom. The smallest absolute Gasteiger partial charge is 0.278 e. The van der Waals surface area contributed by atoms with E-state index in [1.807, 2.05) is 25.1 Å². The van der Waals surface area contributed by atoms with Crippen molar-refractivity contribution in [3.8, 4) is 0 Å². The van der Waals surface area contributed by atoms with Crippen LogP contribution in [0, 0.1) is 0 Å². The Labute approximate surface area is 143 Å². The van der Waals surface area contributed by atoms with E-state index in [4.69, 9.17) is 0 Å². The fourth-order valence-electron chi connectivity index (χ4n) is 3.48. The van der Waals surface area contributed by atoms with E-state index in [0.29, 0.717) is 6.42 Å². The Morgan fingerprint density at radius 2 is 2.04 bits per heavy atom. The lowest BCUT2D eigenvalue weighted by atomic mass is 9.99. The van der Waals surface area contributed by atoms with Crippen LogP contribution in [0.2, 0.25) is 0 Å². The number of carbonyl (C=O) groups is 1. The minimum Gasteiger partial charge on any atom is -0.347 e. The quantitative estimate of drug-likeness (QED) is 0.807. The fourth-order valence-corrected chi connectivity index (χ4v) is 5.16. The van der Waals surface area contributed by atoms with Gasteiger partial charge in [-0.05, 0) is 30.6 Å². The van der Waals surface area contributed by atoms with Crippen LogP contribution < -0.4 is 10.2 Å². The molecule has 2 aliphatic rings. The maximum atomic E-state index is 12.4. The second-order valence-corrected chi connectivity index (χ2v) is 9.02. The van der Waals surface area contributed by atoms with Gasteiger partial charge >= 0.3 is 0 Å². The SMILES string of the molecule is C[C@H](C(=O)N[C@@H]1CCS(=O)(=O)C1)[NH+]1CC=C(c2ccccc2)CC1. The van der Waals surface area contributed by atoms with Crippen molar-refractivity contribution < 1.29 is 18.1 Å². The van der Waals surface area contributed by atoms with Gasteiger partial charge in [-0.3, -0.25) is 4.79 Å². The second-order valence-electron chi connectivity index (χ2n) is 6.79. The van der Waals surface area contributed by atoms with E-state index < -0.39 is 9.84 Å². The van der Waals surface area contributed by atoms with Crippen LogP contribution in [0.15, 0.2) is 36.4 Å². The fraction of sp³-hybridized carbons (Fsp3) is 0.500. The lowest BCUT2D eigenvalue weighted by molar-refractivity contribution is -0.909. The molecule has 130 valence electrons. The molecule has 1 aromatic carbocycles. The van der Waals surface area contributed by atoms with E-state index >= 15 is 0 Å². The van der Waals surface area contributed by atoms with Crippen LogP contribution in [0.25, 0.3) is 5.57 Å². The highest BCUT2D eigenvalue weighted by Gasteiger charge is 2.33. The largest absolute Gasteiger partial charge is 0.347 e. The number of nitrogens with one attached hydrogen (secondary N) is 2. The Bertz CT molecular complexity index is 728. The second kappa shape index (κ2) is 7.07. The Hall–Kier alpha value is -1.66. The number of hydrogen-bond donors (Lipinski definition) is 2. The van der Waals surface area contributed by atoms with Gasteiger partial charge in [0.2, 0.25) is 0 Å². The number of carbonyl (C=O) groups excluding carboxylic acids is 1. The van der Waals surface area contributed by atoms with Gasteiger partial charge in [-0.2, -0.15) is 0 Å². The minimum absolute atomic E-state index is 0.0383. The number of benzene rings is 1. The van der Waals surface area contributed by atoms with Gasteiger partial charge in [-0.25, -0.2) is 8.42 Å². The summed E-state index contributed by atoms with van der Waals surface area (Å²) in [5.74, 6) is 0.230. The number of sulfone groups is 1. The first-order valence-electron chi connectivity index (χ1n) is 8.54. The van der Waals surface area contributed by atoms with Crippen LogP contribution in [0.4, 0.5) is 0 Å². The van der Waals surface area contributed by atoms with E-state index in [2.05, 4.69) is 23.5 Å². The molecule has 2 aliphatic heterocycles. The first-order chi connectivity index (χ1) is 11.4. The molecule has 1 amide bonds. The number of hydrogen-bond acceptors (Lipinski definition) is 3. The molecule has 0 aliphatic carbocycles. The van der Waals surface area contributed by atoms with Crippen LogP contribution in [0.3, 0.4) is 0 Å². The molecule has 0 spiro atoms. The molecule has 24 heavy (non-hydrogen) atoms. The van der Waals surface area contributed by atoms with E-state index in [9.17, 15) is 13.2 Å². The molecule has 1 saturated heterocycles. The summed E-state index contributed by atoms with van der Waals surface area (Å²) < 4.78 is 23.0. The van der Waals surface area contributed by atoms with Crippen LogP contribution in [0.1, 0.15) is 25.3 Å². The maximum Gasteiger partial charge on any atom is 0.278 e. The summed E-state index contributed by atoms with van der Waals surface area (Å²) in [5, 5.41) is 2.91. The predicted octanol–water partition coefficient (Wildman–Crippen LogP) is 0.0504. The van der Waals surface area contributed by atoms with Crippen LogP contribution >= 0.6 is 0 Å². The van der Waals surface area contributed by atoms with Gasteiger partial charge in [0.05, 0.1) is 24.6 Å². The van der Waals surface area contributed by atoms with Crippen LogP contribution in [0.5, 0.6) is 0 Å². The standard InChI is InChI=1S/C18H24N2O3S/c1-14(18(21)19-17-9-12-24(22,23)13-17)20-10-7-16(8-11-20)15-5-3-2-4-6-15/h2-7,14,17H,8-13H2,1H3,(H,19,21)/p+1/t14-,17-/m1/s1. The molecule has 2 heterocycles. The lowest BCUT2D eigenvalue weighted by Crippen LogP contribution is -3.17. The van der Waals surface area contributed by atoms with E-state index in [0.717, 1.165) is 19.5 Å². The summed E-state index contributed by atoms with van der Waals surface area (Å²) in [6, 6.07) is 9.95. The Balaban J connectivity index is 1.56. The average molecular weight is 349 g/mol. The minimum atomic E-state index is -2.96. The molecule has 6 heteroatoms. The van der Waals surface area contributed by atoms with Gasteiger partial charge in [-0.1, -0.05) is 30.3 Å². The van der Waals surface area contributed by atoms with Crippen molar-refractivity contribution in [2.24, 2.45) is 0 Å². The van der Waals surface area contributed by atoms with Crippen molar-refractivity contribution in [3.63, 3.8) is 0 Å².